The first kappa shape index (κ1) is 64.8. The van der Waals surface area contributed by atoms with Crippen molar-refractivity contribution in [2.45, 2.75) is 322 Å². The van der Waals surface area contributed by atoms with Gasteiger partial charge in [-0.15, -0.1) is 0 Å². The van der Waals surface area contributed by atoms with E-state index in [1.54, 1.807) is 0 Å². The highest BCUT2D eigenvalue weighted by molar-refractivity contribution is 5.77. The third-order valence-electron chi connectivity index (χ3n) is 13.5. The quantitative estimate of drug-likeness (QED) is 0.0244. The molecule has 0 aromatic rings. The van der Waals surface area contributed by atoms with Gasteiger partial charge in [-0.3, -0.25) is 9.59 Å². The molecule has 0 rings (SSSR count). The second-order valence-electron chi connectivity index (χ2n) is 20.1. The summed E-state index contributed by atoms with van der Waals surface area (Å²) in [5.74, 6) is -0.480. The van der Waals surface area contributed by atoms with Gasteiger partial charge in [0.15, 0.2) is 0 Å². The molecule has 0 heterocycles. The fourth-order valence-electron chi connectivity index (χ4n) is 9.02. The predicted octanol–water partition coefficient (Wildman–Crippen LogP) is 18.2. The maximum Gasteiger partial charge on any atom is 0.306 e. The van der Waals surface area contributed by atoms with Gasteiger partial charge in [0.05, 0.1) is 25.2 Å². The maximum absolute atomic E-state index is 13.3. The van der Waals surface area contributed by atoms with Crippen LogP contribution >= 0.6 is 0 Å². The normalized spacial score (nSPS) is 13.4. The molecule has 0 fully saturated rings. The zero-order valence-corrected chi connectivity index (χ0v) is 44.8. The van der Waals surface area contributed by atoms with Crippen molar-refractivity contribution < 1.29 is 24.5 Å². The molecule has 67 heavy (non-hydrogen) atoms. The summed E-state index contributed by atoms with van der Waals surface area (Å²) in [5.41, 5.74) is 0. The van der Waals surface area contributed by atoms with Crippen molar-refractivity contribution >= 4 is 11.9 Å². The number of esters is 1. The zero-order chi connectivity index (χ0) is 48.8. The first-order valence-electron chi connectivity index (χ1n) is 29.4. The summed E-state index contributed by atoms with van der Waals surface area (Å²) >= 11 is 0. The Labute approximate surface area is 416 Å². The molecule has 3 N–H and O–H groups in total. The van der Waals surface area contributed by atoms with Crippen molar-refractivity contribution in [1.82, 2.24) is 5.32 Å². The van der Waals surface area contributed by atoms with Gasteiger partial charge in [0.2, 0.25) is 5.91 Å². The molecule has 392 valence electrons. The fraction of sp³-hybridized carbons (Fsp3) is 0.836. The minimum Gasteiger partial charge on any atom is -0.462 e. The van der Waals surface area contributed by atoms with Gasteiger partial charge in [-0.05, 0) is 70.6 Å². The van der Waals surface area contributed by atoms with Gasteiger partial charge in [-0.25, -0.2) is 0 Å². The van der Waals surface area contributed by atoms with E-state index in [0.717, 1.165) is 64.2 Å². The molecule has 6 heteroatoms. The summed E-state index contributed by atoms with van der Waals surface area (Å²) in [6, 6.07) is -0.706. The van der Waals surface area contributed by atoms with Crippen LogP contribution in [0.4, 0.5) is 0 Å². The molecule has 0 saturated heterocycles. The highest BCUT2D eigenvalue weighted by atomic mass is 16.5. The van der Waals surface area contributed by atoms with Crippen LogP contribution < -0.4 is 5.32 Å². The van der Waals surface area contributed by atoms with E-state index in [9.17, 15) is 19.8 Å². The molecule has 0 aliphatic carbocycles. The molecular formula is C61H113NO5. The predicted molar refractivity (Wildman–Crippen MR) is 292 cm³/mol. The zero-order valence-electron chi connectivity index (χ0n) is 44.8. The Hall–Kier alpha value is -2.18. The van der Waals surface area contributed by atoms with E-state index >= 15 is 0 Å². The van der Waals surface area contributed by atoms with Crippen LogP contribution in [0.5, 0.6) is 0 Å². The van der Waals surface area contributed by atoms with Crippen LogP contribution in [0.25, 0.3) is 0 Å². The number of aliphatic hydroxyl groups is 2. The van der Waals surface area contributed by atoms with Crippen molar-refractivity contribution in [3.05, 3.63) is 48.6 Å². The van der Waals surface area contributed by atoms with Crippen molar-refractivity contribution in [2.24, 2.45) is 0 Å². The fourth-order valence-corrected chi connectivity index (χ4v) is 9.02. The summed E-state index contributed by atoms with van der Waals surface area (Å²) in [6.07, 6.45) is 67.5. The van der Waals surface area contributed by atoms with Crippen LogP contribution in [0.1, 0.15) is 303 Å². The van der Waals surface area contributed by atoms with Crippen LogP contribution in [-0.4, -0.2) is 46.9 Å². The van der Waals surface area contributed by atoms with Crippen LogP contribution in [-0.2, 0) is 14.3 Å². The Bertz CT molecular complexity index is 1150. The Morgan fingerprint density at radius 3 is 1.25 bits per heavy atom. The third-order valence-corrected chi connectivity index (χ3v) is 13.5. The molecule has 0 aliphatic heterocycles. The van der Waals surface area contributed by atoms with E-state index in [2.05, 4.69) is 74.7 Å². The number of unbranched alkanes of at least 4 members (excludes halogenated alkanes) is 35. The summed E-state index contributed by atoms with van der Waals surface area (Å²) in [7, 11) is 0. The highest BCUT2D eigenvalue weighted by Gasteiger charge is 2.24. The van der Waals surface area contributed by atoms with Crippen molar-refractivity contribution in [1.29, 1.82) is 0 Å². The topological polar surface area (TPSA) is 95.9 Å². The molecular weight excluding hydrogens is 827 g/mol. The Balaban J connectivity index is 4.55. The number of hydrogen-bond donors (Lipinski definition) is 3. The lowest BCUT2D eigenvalue weighted by Gasteiger charge is -2.24. The van der Waals surface area contributed by atoms with E-state index in [1.165, 1.54) is 193 Å². The number of carbonyl (C=O) groups excluding carboxylic acids is 2. The average molecular weight is 941 g/mol. The Morgan fingerprint density at radius 2 is 0.821 bits per heavy atom. The van der Waals surface area contributed by atoms with Gasteiger partial charge < -0.3 is 20.3 Å². The van der Waals surface area contributed by atoms with E-state index in [4.69, 9.17) is 4.74 Å². The first-order chi connectivity index (χ1) is 33.0. The molecule has 0 aliphatic rings. The lowest BCUT2D eigenvalue weighted by Crippen LogP contribution is -2.46. The Kier molecular flexibility index (Phi) is 53.0. The number of aliphatic hydroxyl groups excluding tert-OH is 2. The summed E-state index contributed by atoms with van der Waals surface area (Å²) in [6.45, 7) is 6.38. The molecule has 0 bridgehead atoms. The molecule has 3 atom stereocenters. The lowest BCUT2D eigenvalue weighted by molar-refractivity contribution is -0.151. The minimum atomic E-state index is -0.792. The second-order valence-corrected chi connectivity index (χ2v) is 20.1. The van der Waals surface area contributed by atoms with Crippen LogP contribution in [0.2, 0.25) is 0 Å². The smallest absolute Gasteiger partial charge is 0.306 e. The monoisotopic (exact) mass is 940 g/mol. The van der Waals surface area contributed by atoms with Gasteiger partial charge in [-0.2, -0.15) is 0 Å². The second kappa shape index (κ2) is 54.8. The van der Waals surface area contributed by atoms with Gasteiger partial charge in [0.1, 0.15) is 6.10 Å². The van der Waals surface area contributed by atoms with Crippen LogP contribution in [0, 0.1) is 0 Å². The van der Waals surface area contributed by atoms with Gasteiger partial charge in [0.25, 0.3) is 0 Å². The molecule has 6 nitrogen and oxygen atoms in total. The number of nitrogens with one attached hydrogen (secondary N) is 1. The van der Waals surface area contributed by atoms with E-state index in [1.807, 2.05) is 0 Å². The highest BCUT2D eigenvalue weighted by Crippen LogP contribution is 2.19. The number of rotatable bonds is 53. The summed E-state index contributed by atoms with van der Waals surface area (Å²) in [5, 5.41) is 23.9. The first-order valence-corrected chi connectivity index (χ1v) is 29.4. The average Bonchev–Trinajstić information content (AvgIpc) is 3.32. The van der Waals surface area contributed by atoms with E-state index < -0.39 is 18.2 Å². The molecule has 0 saturated carbocycles. The molecule has 1 amide bonds. The minimum absolute atomic E-state index is 0.0712. The standard InChI is InChI=1S/C61H113NO5/c1-4-7-10-13-16-19-22-25-28-30-32-34-37-40-43-46-49-52-57(67-61(66)54-51-48-45-42-39-36-31-27-24-21-18-15-12-9-6-3)55-60(65)62-58(56-63)59(64)53-50-47-44-41-38-35-33-29-26-23-20-17-14-11-8-5-2/h9,12,15,18,21,24-25,28,57-59,63-64H,4-8,10-11,13-14,16-17,19-20,22-23,26-27,29-56H2,1-3H3,(H,62,65)/b12-9+,18-15+,24-21+,28-25+. The van der Waals surface area contributed by atoms with E-state index in [-0.39, 0.29) is 24.9 Å². The van der Waals surface area contributed by atoms with Crippen LogP contribution in [0.15, 0.2) is 48.6 Å². The van der Waals surface area contributed by atoms with Crippen molar-refractivity contribution in [3.8, 4) is 0 Å². The maximum atomic E-state index is 13.3. The molecule has 0 aromatic heterocycles. The van der Waals surface area contributed by atoms with Gasteiger partial charge in [0, 0.05) is 6.42 Å². The lowest BCUT2D eigenvalue weighted by atomic mass is 10.0. The van der Waals surface area contributed by atoms with E-state index in [0.29, 0.717) is 19.3 Å². The number of allylic oxidation sites excluding steroid dienone is 8. The van der Waals surface area contributed by atoms with Crippen molar-refractivity contribution in [3.63, 3.8) is 0 Å². The third kappa shape index (κ3) is 50.0. The molecule has 0 spiro atoms. The van der Waals surface area contributed by atoms with Crippen LogP contribution in [0.3, 0.4) is 0 Å². The SMILES string of the molecule is CC/C=C/C=C/C=C/CCCCCCCCCC(=O)OC(CCCCCCCCC/C=C/CCCCCCCC)CC(=O)NC(CO)C(O)CCCCCCCCCCCCCCCCCC. The number of hydrogen-bond acceptors (Lipinski definition) is 5. The number of ether oxygens (including phenoxy) is 1. The number of amides is 1. The van der Waals surface area contributed by atoms with Gasteiger partial charge >= 0.3 is 5.97 Å². The van der Waals surface area contributed by atoms with Gasteiger partial charge in [-0.1, -0.05) is 268 Å². The summed E-state index contributed by atoms with van der Waals surface area (Å²) < 4.78 is 5.96. The molecule has 0 radical (unpaired) electrons. The Morgan fingerprint density at radius 1 is 0.448 bits per heavy atom. The number of carbonyl (C=O) groups is 2. The largest absolute Gasteiger partial charge is 0.462 e. The summed E-state index contributed by atoms with van der Waals surface area (Å²) in [4.78, 5) is 26.3. The molecule has 0 aromatic carbocycles. The van der Waals surface area contributed by atoms with Crippen molar-refractivity contribution in [2.75, 3.05) is 6.61 Å². The molecule has 3 unspecified atom stereocenters.